The highest BCUT2D eigenvalue weighted by molar-refractivity contribution is 5.89. The van der Waals surface area contributed by atoms with E-state index in [4.69, 9.17) is 0 Å². The average Bonchev–Trinajstić information content (AvgIpc) is 2.76. The Bertz CT molecular complexity index is 198. The first-order valence-corrected chi connectivity index (χ1v) is 4.14. The summed E-state index contributed by atoms with van der Waals surface area (Å²) < 4.78 is 0. The number of amides is 1. The second-order valence-corrected chi connectivity index (χ2v) is 3.68. The van der Waals surface area contributed by atoms with Crippen LogP contribution in [0, 0.1) is 0 Å². The number of rotatable bonds is 0. The van der Waals surface area contributed by atoms with Crippen LogP contribution in [-0.2, 0) is 4.79 Å². The van der Waals surface area contributed by atoms with Gasteiger partial charge in [0.1, 0.15) is 5.54 Å². The molecule has 0 aromatic rings. The van der Waals surface area contributed by atoms with E-state index in [1.807, 2.05) is 11.9 Å². The van der Waals surface area contributed by atoms with Crippen molar-refractivity contribution in [3.05, 3.63) is 0 Å². The smallest absolute Gasteiger partial charge is 0.242 e. The molecule has 0 unspecified atom stereocenters. The number of carbonyl (C=O) groups excluding carboxylic acids is 1. The lowest BCUT2D eigenvalue weighted by molar-refractivity contribution is -0.141. The molecule has 2 rings (SSSR count). The zero-order valence-corrected chi connectivity index (χ0v) is 7.13. The lowest BCUT2D eigenvalue weighted by atomic mass is 10.1. The van der Waals surface area contributed by atoms with Crippen LogP contribution in [0.25, 0.3) is 0 Å². The Morgan fingerprint density at radius 2 is 1.91 bits per heavy atom. The second-order valence-electron chi connectivity index (χ2n) is 3.68. The summed E-state index contributed by atoms with van der Waals surface area (Å²) in [6.45, 7) is 1.92. The maximum absolute atomic E-state index is 11.6. The summed E-state index contributed by atoms with van der Waals surface area (Å²) in [5.74, 6) is 0.325. The summed E-state index contributed by atoms with van der Waals surface area (Å²) in [5, 5.41) is 0. The molecule has 0 bridgehead atoms. The fraction of sp³-hybridized carbons (Fsp3) is 0.875. The summed E-state index contributed by atoms with van der Waals surface area (Å²) >= 11 is 0. The highest BCUT2D eigenvalue weighted by Gasteiger charge is 2.56. The van der Waals surface area contributed by atoms with E-state index >= 15 is 0 Å². The molecule has 0 N–H and O–H groups in total. The van der Waals surface area contributed by atoms with Gasteiger partial charge in [-0.05, 0) is 19.9 Å². The molecule has 62 valence electrons. The maximum atomic E-state index is 11.6. The van der Waals surface area contributed by atoms with Crippen molar-refractivity contribution in [3.63, 3.8) is 0 Å². The number of likely N-dealkylation sites (N-methyl/N-ethyl adjacent to an activating group) is 2. The van der Waals surface area contributed by atoms with Gasteiger partial charge >= 0.3 is 0 Å². The highest BCUT2D eigenvalue weighted by atomic mass is 16.2. The quantitative estimate of drug-likeness (QED) is 0.487. The van der Waals surface area contributed by atoms with E-state index in [-0.39, 0.29) is 5.54 Å². The van der Waals surface area contributed by atoms with Gasteiger partial charge in [-0.3, -0.25) is 9.69 Å². The molecular formula is C8H14N2O. The Hall–Kier alpha value is -0.570. The summed E-state index contributed by atoms with van der Waals surface area (Å²) in [6, 6.07) is 0. The van der Waals surface area contributed by atoms with Crippen molar-refractivity contribution in [3.8, 4) is 0 Å². The van der Waals surface area contributed by atoms with Gasteiger partial charge in [-0.25, -0.2) is 0 Å². The Balaban J connectivity index is 2.21. The van der Waals surface area contributed by atoms with E-state index in [0.717, 1.165) is 25.9 Å². The van der Waals surface area contributed by atoms with Gasteiger partial charge in [0.05, 0.1) is 0 Å². The number of nitrogens with zero attached hydrogens (tertiary/aromatic N) is 2. The number of hydrogen-bond donors (Lipinski definition) is 0. The predicted octanol–water partition coefficient (Wildman–Crippen LogP) is -0.0772. The van der Waals surface area contributed by atoms with E-state index in [9.17, 15) is 4.79 Å². The first-order valence-electron chi connectivity index (χ1n) is 4.14. The Labute approximate surface area is 67.0 Å². The van der Waals surface area contributed by atoms with Crippen LogP contribution in [-0.4, -0.2) is 48.4 Å². The molecule has 1 aliphatic heterocycles. The van der Waals surface area contributed by atoms with Gasteiger partial charge in [0.15, 0.2) is 0 Å². The topological polar surface area (TPSA) is 23.6 Å². The molecule has 11 heavy (non-hydrogen) atoms. The molecule has 1 amide bonds. The minimum Gasteiger partial charge on any atom is -0.343 e. The molecule has 1 spiro atoms. The van der Waals surface area contributed by atoms with Crippen molar-refractivity contribution in [1.29, 1.82) is 0 Å². The summed E-state index contributed by atoms with van der Waals surface area (Å²) in [5.41, 5.74) is -0.0625. The number of piperazine rings is 1. The van der Waals surface area contributed by atoms with E-state index < -0.39 is 0 Å². The van der Waals surface area contributed by atoms with Crippen molar-refractivity contribution in [1.82, 2.24) is 9.80 Å². The van der Waals surface area contributed by atoms with Crippen LogP contribution in [0.5, 0.6) is 0 Å². The predicted molar refractivity (Wildman–Crippen MR) is 42.2 cm³/mol. The molecular weight excluding hydrogens is 140 g/mol. The third kappa shape index (κ3) is 0.805. The maximum Gasteiger partial charge on any atom is 0.242 e. The van der Waals surface area contributed by atoms with Crippen LogP contribution < -0.4 is 0 Å². The van der Waals surface area contributed by atoms with Gasteiger partial charge in [0.2, 0.25) is 5.91 Å². The SMILES string of the molecule is CN1CCN(C)C2(CC2)C1=O. The van der Waals surface area contributed by atoms with Gasteiger partial charge in [-0.15, -0.1) is 0 Å². The normalized spacial score (nSPS) is 29.6. The average molecular weight is 154 g/mol. The van der Waals surface area contributed by atoms with E-state index in [1.165, 1.54) is 0 Å². The van der Waals surface area contributed by atoms with Crippen LogP contribution in [0.1, 0.15) is 12.8 Å². The summed E-state index contributed by atoms with van der Waals surface area (Å²) in [6.07, 6.45) is 2.12. The van der Waals surface area contributed by atoms with Crippen LogP contribution >= 0.6 is 0 Å². The lowest BCUT2D eigenvalue weighted by Crippen LogP contribution is -2.55. The molecule has 1 saturated heterocycles. The fourth-order valence-electron chi connectivity index (χ4n) is 1.85. The minimum absolute atomic E-state index is 0.0625. The van der Waals surface area contributed by atoms with Crippen LogP contribution in [0.15, 0.2) is 0 Å². The molecule has 3 nitrogen and oxygen atoms in total. The summed E-state index contributed by atoms with van der Waals surface area (Å²) in [4.78, 5) is 15.7. The molecule has 1 heterocycles. The molecule has 1 aliphatic carbocycles. The van der Waals surface area contributed by atoms with Crippen molar-refractivity contribution < 1.29 is 4.79 Å². The van der Waals surface area contributed by atoms with Crippen LogP contribution in [0.3, 0.4) is 0 Å². The second kappa shape index (κ2) is 1.97. The van der Waals surface area contributed by atoms with Gasteiger partial charge in [-0.2, -0.15) is 0 Å². The van der Waals surface area contributed by atoms with Gasteiger partial charge < -0.3 is 4.90 Å². The fourth-order valence-corrected chi connectivity index (χ4v) is 1.85. The van der Waals surface area contributed by atoms with Crippen LogP contribution in [0.4, 0.5) is 0 Å². The molecule has 0 aromatic carbocycles. The van der Waals surface area contributed by atoms with Crippen molar-refractivity contribution in [2.45, 2.75) is 18.4 Å². The van der Waals surface area contributed by atoms with Crippen molar-refractivity contribution in [2.24, 2.45) is 0 Å². The van der Waals surface area contributed by atoms with Gasteiger partial charge in [-0.1, -0.05) is 0 Å². The molecule has 0 atom stereocenters. The Morgan fingerprint density at radius 1 is 1.27 bits per heavy atom. The monoisotopic (exact) mass is 154 g/mol. The van der Waals surface area contributed by atoms with Crippen molar-refractivity contribution in [2.75, 3.05) is 27.2 Å². The van der Waals surface area contributed by atoms with Gasteiger partial charge in [0, 0.05) is 20.1 Å². The molecule has 1 saturated carbocycles. The molecule has 0 radical (unpaired) electrons. The van der Waals surface area contributed by atoms with E-state index in [1.54, 1.807) is 0 Å². The Morgan fingerprint density at radius 3 is 2.36 bits per heavy atom. The van der Waals surface area contributed by atoms with Crippen LogP contribution in [0.2, 0.25) is 0 Å². The molecule has 2 aliphatic rings. The highest BCUT2D eigenvalue weighted by Crippen LogP contribution is 2.43. The number of hydrogen-bond acceptors (Lipinski definition) is 2. The zero-order chi connectivity index (χ0) is 8.06. The first kappa shape index (κ1) is 7.10. The Kier molecular flexibility index (Phi) is 1.27. The number of carbonyl (C=O) groups is 1. The molecule has 2 fully saturated rings. The third-order valence-corrected chi connectivity index (χ3v) is 2.97. The summed E-state index contributed by atoms with van der Waals surface area (Å²) in [7, 11) is 3.95. The molecule has 3 heteroatoms. The third-order valence-electron chi connectivity index (χ3n) is 2.97. The molecule has 0 aromatic heterocycles. The van der Waals surface area contributed by atoms with E-state index in [0.29, 0.717) is 5.91 Å². The van der Waals surface area contributed by atoms with Crippen molar-refractivity contribution >= 4 is 5.91 Å². The largest absolute Gasteiger partial charge is 0.343 e. The minimum atomic E-state index is -0.0625. The first-order chi connectivity index (χ1) is 5.17. The van der Waals surface area contributed by atoms with Gasteiger partial charge in [0.25, 0.3) is 0 Å². The van der Waals surface area contributed by atoms with E-state index in [2.05, 4.69) is 11.9 Å². The zero-order valence-electron chi connectivity index (χ0n) is 7.13. The standard InChI is InChI=1S/C8H14N2O/c1-9-5-6-10(2)8(3-4-8)7(9)11/h3-6H2,1-2H3. The lowest BCUT2D eigenvalue weighted by Gasteiger charge is -2.37.